The minimum Gasteiger partial charge on any atom is -0.351 e. The third-order valence-corrected chi connectivity index (χ3v) is 6.33. The summed E-state index contributed by atoms with van der Waals surface area (Å²) in [4.78, 5) is 17.0. The quantitative estimate of drug-likeness (QED) is 0.414. The second kappa shape index (κ2) is 9.29. The standard InChI is InChI=1S/C27H25F2N5O/c1-17-15-33(16-18(2)34(17)27(35)30-22-13-11-21(29)12-14-22)26-24-6-4-3-5-23(24)25(31-32-26)19-7-9-20(28)10-8-19/h3-14,17-18H,15-16H2,1-2H3,(H,30,35)/t17-,18+. The van der Waals surface area contributed by atoms with Gasteiger partial charge in [-0.1, -0.05) is 24.3 Å². The van der Waals surface area contributed by atoms with Gasteiger partial charge in [0, 0.05) is 47.2 Å². The van der Waals surface area contributed by atoms with E-state index in [-0.39, 0.29) is 29.7 Å². The Hall–Kier alpha value is -4.07. The van der Waals surface area contributed by atoms with Crippen molar-refractivity contribution >= 4 is 28.3 Å². The lowest BCUT2D eigenvalue weighted by molar-refractivity contribution is 0.153. The molecule has 1 aliphatic rings. The van der Waals surface area contributed by atoms with Crippen LogP contribution in [-0.4, -0.2) is 46.3 Å². The lowest BCUT2D eigenvalue weighted by atomic mass is 10.0. The molecule has 0 spiro atoms. The normalized spacial score (nSPS) is 18.1. The fourth-order valence-electron chi connectivity index (χ4n) is 4.76. The van der Waals surface area contributed by atoms with E-state index in [9.17, 15) is 13.6 Å². The van der Waals surface area contributed by atoms with Crippen LogP contribution in [0.25, 0.3) is 22.0 Å². The second-order valence-corrected chi connectivity index (χ2v) is 8.87. The summed E-state index contributed by atoms with van der Waals surface area (Å²) in [7, 11) is 0. The molecule has 0 saturated carbocycles. The van der Waals surface area contributed by atoms with Crippen LogP contribution in [-0.2, 0) is 0 Å². The Bertz CT molecular complexity index is 1350. The fourth-order valence-corrected chi connectivity index (χ4v) is 4.76. The molecule has 1 fully saturated rings. The molecule has 4 aromatic rings. The highest BCUT2D eigenvalue weighted by Crippen LogP contribution is 2.33. The highest BCUT2D eigenvalue weighted by Gasteiger charge is 2.34. The zero-order valence-electron chi connectivity index (χ0n) is 19.5. The summed E-state index contributed by atoms with van der Waals surface area (Å²) in [6, 6.07) is 19.4. The van der Waals surface area contributed by atoms with Gasteiger partial charge in [-0.2, -0.15) is 0 Å². The number of piperazine rings is 1. The number of fused-ring (bicyclic) bond motifs is 1. The molecule has 3 aromatic carbocycles. The first-order valence-electron chi connectivity index (χ1n) is 11.5. The number of rotatable bonds is 3. The number of amides is 2. The topological polar surface area (TPSA) is 61.4 Å². The van der Waals surface area contributed by atoms with Crippen LogP contribution in [0, 0.1) is 11.6 Å². The summed E-state index contributed by atoms with van der Waals surface area (Å²) in [5.74, 6) is 0.104. The minimum absolute atomic E-state index is 0.100. The van der Waals surface area contributed by atoms with E-state index in [0.29, 0.717) is 24.5 Å². The van der Waals surface area contributed by atoms with E-state index < -0.39 is 0 Å². The zero-order valence-corrected chi connectivity index (χ0v) is 19.5. The molecule has 0 aliphatic carbocycles. The Kier molecular flexibility index (Phi) is 6.03. The highest BCUT2D eigenvalue weighted by atomic mass is 19.1. The van der Waals surface area contributed by atoms with Gasteiger partial charge in [0.2, 0.25) is 0 Å². The van der Waals surface area contributed by atoms with Gasteiger partial charge in [-0.25, -0.2) is 13.6 Å². The molecule has 2 atom stereocenters. The minimum atomic E-state index is -0.350. The Morgan fingerprint density at radius 2 is 1.40 bits per heavy atom. The van der Waals surface area contributed by atoms with E-state index in [1.807, 2.05) is 43.0 Å². The number of nitrogens with zero attached hydrogens (tertiary/aromatic N) is 4. The van der Waals surface area contributed by atoms with Gasteiger partial charge in [-0.05, 0) is 62.4 Å². The second-order valence-electron chi connectivity index (χ2n) is 8.87. The lowest BCUT2D eigenvalue weighted by Crippen LogP contribution is -2.60. The molecule has 6 nitrogen and oxygen atoms in total. The Morgan fingerprint density at radius 3 is 2.03 bits per heavy atom. The number of anilines is 2. The van der Waals surface area contributed by atoms with Crippen molar-refractivity contribution in [3.05, 3.63) is 84.4 Å². The molecular formula is C27H25F2N5O. The monoisotopic (exact) mass is 473 g/mol. The fraction of sp³-hybridized carbons (Fsp3) is 0.222. The van der Waals surface area contributed by atoms with Crippen molar-refractivity contribution < 1.29 is 13.6 Å². The SMILES string of the molecule is C[C@@H]1CN(c2nnc(-c3ccc(F)cc3)c3ccccc23)C[C@H](C)N1C(=O)Nc1ccc(F)cc1. The van der Waals surface area contributed by atoms with E-state index in [4.69, 9.17) is 0 Å². The maximum atomic E-state index is 13.4. The van der Waals surface area contributed by atoms with E-state index in [1.54, 1.807) is 24.3 Å². The Labute approximate surface area is 202 Å². The smallest absolute Gasteiger partial charge is 0.322 e. The molecule has 178 valence electrons. The zero-order chi connectivity index (χ0) is 24.5. The first-order valence-corrected chi connectivity index (χ1v) is 11.5. The molecule has 8 heteroatoms. The van der Waals surface area contributed by atoms with Crippen molar-refractivity contribution in [3.8, 4) is 11.3 Å². The average Bonchev–Trinajstić information content (AvgIpc) is 2.85. The molecule has 1 aromatic heterocycles. The molecule has 1 aliphatic heterocycles. The van der Waals surface area contributed by atoms with Crippen LogP contribution in [0.2, 0.25) is 0 Å². The average molecular weight is 474 g/mol. The summed E-state index contributed by atoms with van der Waals surface area (Å²) in [6.45, 7) is 5.15. The van der Waals surface area contributed by atoms with Gasteiger partial charge in [0.05, 0.1) is 0 Å². The molecule has 0 radical (unpaired) electrons. The number of carbonyl (C=O) groups excluding carboxylic acids is 1. The third kappa shape index (κ3) is 4.51. The number of halogens is 2. The molecule has 0 bridgehead atoms. The van der Waals surface area contributed by atoms with Crippen LogP contribution in [0.3, 0.4) is 0 Å². The number of hydrogen-bond donors (Lipinski definition) is 1. The van der Waals surface area contributed by atoms with Gasteiger partial charge in [0.25, 0.3) is 0 Å². The van der Waals surface area contributed by atoms with Crippen LogP contribution in [0.5, 0.6) is 0 Å². The molecule has 5 rings (SSSR count). The molecule has 0 unspecified atom stereocenters. The number of carbonyl (C=O) groups is 1. The molecule has 2 heterocycles. The van der Waals surface area contributed by atoms with Crippen molar-refractivity contribution in [1.29, 1.82) is 0 Å². The third-order valence-electron chi connectivity index (χ3n) is 6.33. The molecule has 1 saturated heterocycles. The van der Waals surface area contributed by atoms with Crippen LogP contribution in [0.4, 0.5) is 25.1 Å². The van der Waals surface area contributed by atoms with Crippen LogP contribution in [0.1, 0.15) is 13.8 Å². The first kappa shape index (κ1) is 22.7. The maximum Gasteiger partial charge on any atom is 0.322 e. The van der Waals surface area contributed by atoms with Gasteiger partial charge >= 0.3 is 6.03 Å². The maximum absolute atomic E-state index is 13.4. The predicted molar refractivity (Wildman–Crippen MR) is 133 cm³/mol. The van der Waals surface area contributed by atoms with E-state index in [0.717, 1.165) is 22.2 Å². The summed E-state index contributed by atoms with van der Waals surface area (Å²) in [6.07, 6.45) is 0. The molecule has 1 N–H and O–H groups in total. The van der Waals surface area contributed by atoms with Crippen molar-refractivity contribution in [2.75, 3.05) is 23.3 Å². The number of aromatic nitrogens is 2. The van der Waals surface area contributed by atoms with Crippen molar-refractivity contribution in [2.45, 2.75) is 25.9 Å². The molecule has 35 heavy (non-hydrogen) atoms. The van der Waals surface area contributed by atoms with Crippen molar-refractivity contribution in [3.63, 3.8) is 0 Å². The van der Waals surface area contributed by atoms with E-state index in [2.05, 4.69) is 20.4 Å². The Morgan fingerprint density at radius 1 is 0.829 bits per heavy atom. The predicted octanol–water partition coefficient (Wildman–Crippen LogP) is 5.71. The lowest BCUT2D eigenvalue weighted by Gasteiger charge is -2.44. The summed E-state index contributed by atoms with van der Waals surface area (Å²) in [5.41, 5.74) is 2.04. The summed E-state index contributed by atoms with van der Waals surface area (Å²) < 4.78 is 26.6. The van der Waals surface area contributed by atoms with Crippen LogP contribution < -0.4 is 10.2 Å². The summed E-state index contributed by atoms with van der Waals surface area (Å²) >= 11 is 0. The van der Waals surface area contributed by atoms with E-state index in [1.165, 1.54) is 24.3 Å². The van der Waals surface area contributed by atoms with Gasteiger partial charge in [-0.3, -0.25) is 0 Å². The number of hydrogen-bond acceptors (Lipinski definition) is 4. The molecule has 2 amide bonds. The molecular weight excluding hydrogens is 448 g/mol. The largest absolute Gasteiger partial charge is 0.351 e. The highest BCUT2D eigenvalue weighted by molar-refractivity contribution is 6.00. The summed E-state index contributed by atoms with van der Waals surface area (Å²) in [5, 5.41) is 13.8. The van der Waals surface area contributed by atoms with Crippen molar-refractivity contribution in [1.82, 2.24) is 15.1 Å². The van der Waals surface area contributed by atoms with Crippen LogP contribution in [0.15, 0.2) is 72.8 Å². The van der Waals surface area contributed by atoms with Gasteiger partial charge in [0.15, 0.2) is 5.82 Å². The number of urea groups is 1. The van der Waals surface area contributed by atoms with Gasteiger partial charge in [-0.15, -0.1) is 10.2 Å². The van der Waals surface area contributed by atoms with E-state index >= 15 is 0 Å². The van der Waals surface area contributed by atoms with Gasteiger partial charge in [0.1, 0.15) is 17.3 Å². The van der Waals surface area contributed by atoms with Crippen LogP contribution >= 0.6 is 0 Å². The first-order chi connectivity index (χ1) is 16.9. The number of nitrogens with one attached hydrogen (secondary N) is 1. The number of benzene rings is 3. The Balaban J connectivity index is 1.40. The van der Waals surface area contributed by atoms with Crippen molar-refractivity contribution in [2.24, 2.45) is 0 Å². The van der Waals surface area contributed by atoms with Gasteiger partial charge < -0.3 is 15.1 Å².